The standard InChI is InChI=1S/C17H33N3O2.HI/c1-4-18-16(20-15-7-5-6-14(2)12-15)19-13-17(21-3)8-10-22-11-9-17;/h14-15H,4-13H2,1-3H3,(H2,18,19,20);1H. The van der Waals surface area contributed by atoms with Crippen LogP contribution in [0.5, 0.6) is 0 Å². The molecule has 0 spiro atoms. The first-order valence-corrected chi connectivity index (χ1v) is 8.85. The molecule has 2 fully saturated rings. The third kappa shape index (κ3) is 6.74. The van der Waals surface area contributed by atoms with Gasteiger partial charge in [-0.05, 0) is 25.7 Å². The highest BCUT2D eigenvalue weighted by Crippen LogP contribution is 2.25. The minimum Gasteiger partial charge on any atom is -0.381 e. The van der Waals surface area contributed by atoms with Gasteiger partial charge >= 0.3 is 0 Å². The monoisotopic (exact) mass is 439 g/mol. The van der Waals surface area contributed by atoms with E-state index in [1.807, 2.05) is 0 Å². The van der Waals surface area contributed by atoms with E-state index in [9.17, 15) is 0 Å². The SMILES string of the molecule is CCNC(=NCC1(OC)CCOCC1)NC1CCCC(C)C1.I. The Labute approximate surface area is 158 Å². The fraction of sp³-hybridized carbons (Fsp3) is 0.941. The van der Waals surface area contributed by atoms with E-state index in [1.165, 1.54) is 25.7 Å². The minimum atomic E-state index is -0.152. The number of hydrogen-bond acceptors (Lipinski definition) is 3. The Morgan fingerprint density at radius 2 is 2.04 bits per heavy atom. The van der Waals surface area contributed by atoms with Crippen LogP contribution >= 0.6 is 24.0 Å². The van der Waals surface area contributed by atoms with E-state index in [-0.39, 0.29) is 29.6 Å². The second-order valence-corrected chi connectivity index (χ2v) is 6.81. The fourth-order valence-electron chi connectivity index (χ4n) is 3.47. The van der Waals surface area contributed by atoms with Gasteiger partial charge in [0, 0.05) is 45.8 Å². The molecule has 2 N–H and O–H groups in total. The maximum absolute atomic E-state index is 5.77. The molecule has 23 heavy (non-hydrogen) atoms. The van der Waals surface area contributed by atoms with Crippen molar-refractivity contribution in [3.63, 3.8) is 0 Å². The Morgan fingerprint density at radius 3 is 2.65 bits per heavy atom. The Kier molecular flexibility index (Phi) is 9.77. The summed E-state index contributed by atoms with van der Waals surface area (Å²) in [6.45, 7) is 7.59. The molecule has 0 aromatic rings. The number of nitrogens with one attached hydrogen (secondary N) is 2. The summed E-state index contributed by atoms with van der Waals surface area (Å²) in [5, 5.41) is 7.00. The molecule has 2 atom stereocenters. The molecule has 0 aromatic carbocycles. The summed E-state index contributed by atoms with van der Waals surface area (Å²) >= 11 is 0. The van der Waals surface area contributed by atoms with E-state index in [2.05, 4.69) is 24.5 Å². The van der Waals surface area contributed by atoms with Crippen LogP contribution in [-0.4, -0.2) is 51.0 Å². The van der Waals surface area contributed by atoms with Crippen LogP contribution in [0, 0.1) is 5.92 Å². The lowest BCUT2D eigenvalue weighted by atomic mass is 9.87. The molecule has 0 aromatic heterocycles. The maximum atomic E-state index is 5.77. The van der Waals surface area contributed by atoms with Crippen LogP contribution in [-0.2, 0) is 9.47 Å². The van der Waals surface area contributed by atoms with E-state index in [0.717, 1.165) is 44.5 Å². The van der Waals surface area contributed by atoms with Crippen molar-refractivity contribution in [2.24, 2.45) is 10.9 Å². The molecule has 1 heterocycles. The lowest BCUT2D eigenvalue weighted by Gasteiger charge is -2.35. The molecule has 0 bridgehead atoms. The number of rotatable bonds is 5. The topological polar surface area (TPSA) is 54.9 Å². The lowest BCUT2D eigenvalue weighted by Crippen LogP contribution is -2.47. The van der Waals surface area contributed by atoms with E-state index in [1.54, 1.807) is 7.11 Å². The van der Waals surface area contributed by atoms with Gasteiger partial charge in [0.15, 0.2) is 5.96 Å². The minimum absolute atomic E-state index is 0. The Balaban J connectivity index is 0.00000264. The zero-order chi connectivity index (χ0) is 15.8. The summed E-state index contributed by atoms with van der Waals surface area (Å²) in [5.74, 6) is 1.75. The first-order valence-electron chi connectivity index (χ1n) is 8.85. The zero-order valence-corrected chi connectivity index (χ0v) is 17.2. The van der Waals surface area contributed by atoms with E-state index >= 15 is 0 Å². The molecule has 136 valence electrons. The van der Waals surface area contributed by atoms with Crippen LogP contribution in [0.2, 0.25) is 0 Å². The highest BCUT2D eigenvalue weighted by Gasteiger charge is 2.32. The van der Waals surface area contributed by atoms with Crippen molar-refractivity contribution < 1.29 is 9.47 Å². The van der Waals surface area contributed by atoms with Gasteiger partial charge in [-0.1, -0.05) is 19.8 Å². The van der Waals surface area contributed by atoms with Gasteiger partial charge in [0.25, 0.3) is 0 Å². The number of nitrogens with zero attached hydrogens (tertiary/aromatic N) is 1. The van der Waals surface area contributed by atoms with Gasteiger partial charge in [0.05, 0.1) is 12.1 Å². The van der Waals surface area contributed by atoms with Crippen molar-refractivity contribution in [1.82, 2.24) is 10.6 Å². The van der Waals surface area contributed by atoms with E-state index < -0.39 is 0 Å². The molecule has 2 unspecified atom stereocenters. The predicted octanol–water partition coefficient (Wildman–Crippen LogP) is 2.93. The smallest absolute Gasteiger partial charge is 0.191 e. The number of methoxy groups -OCH3 is 1. The summed E-state index contributed by atoms with van der Waals surface area (Å²) in [6.07, 6.45) is 7.02. The molecule has 2 aliphatic rings. The van der Waals surface area contributed by atoms with Gasteiger partial charge in [0.1, 0.15) is 0 Å². The third-order valence-electron chi connectivity index (χ3n) is 4.98. The van der Waals surface area contributed by atoms with Crippen LogP contribution in [0.15, 0.2) is 4.99 Å². The Bertz CT molecular complexity index is 360. The van der Waals surface area contributed by atoms with E-state index in [4.69, 9.17) is 14.5 Å². The first kappa shape index (κ1) is 21.0. The number of halogens is 1. The first-order chi connectivity index (χ1) is 10.7. The Hall–Kier alpha value is -0.0800. The normalized spacial score (nSPS) is 27.9. The summed E-state index contributed by atoms with van der Waals surface area (Å²) in [5.41, 5.74) is -0.152. The van der Waals surface area contributed by atoms with Crippen molar-refractivity contribution in [1.29, 1.82) is 0 Å². The van der Waals surface area contributed by atoms with Crippen LogP contribution in [0.3, 0.4) is 0 Å². The second kappa shape index (κ2) is 10.7. The van der Waals surface area contributed by atoms with Crippen molar-refractivity contribution >= 4 is 29.9 Å². The molecule has 6 heteroatoms. The number of aliphatic imine (C=N–C) groups is 1. The molecule has 1 saturated heterocycles. The van der Waals surface area contributed by atoms with Crippen LogP contribution in [0.4, 0.5) is 0 Å². The fourth-order valence-corrected chi connectivity index (χ4v) is 3.47. The number of ether oxygens (including phenoxy) is 2. The highest BCUT2D eigenvalue weighted by molar-refractivity contribution is 14.0. The van der Waals surface area contributed by atoms with Gasteiger partial charge in [-0.15, -0.1) is 24.0 Å². The molecule has 0 amide bonds. The van der Waals surface area contributed by atoms with Gasteiger partial charge < -0.3 is 20.1 Å². The van der Waals surface area contributed by atoms with Crippen molar-refractivity contribution in [3.8, 4) is 0 Å². The van der Waals surface area contributed by atoms with Crippen LogP contribution < -0.4 is 10.6 Å². The van der Waals surface area contributed by atoms with Gasteiger partial charge in [0.2, 0.25) is 0 Å². The summed E-state index contributed by atoms with van der Waals surface area (Å²) in [6, 6.07) is 0.551. The largest absolute Gasteiger partial charge is 0.381 e. The van der Waals surface area contributed by atoms with Crippen molar-refractivity contribution in [3.05, 3.63) is 0 Å². The second-order valence-electron chi connectivity index (χ2n) is 6.81. The predicted molar refractivity (Wildman–Crippen MR) is 106 cm³/mol. The Morgan fingerprint density at radius 1 is 1.30 bits per heavy atom. The summed E-state index contributed by atoms with van der Waals surface area (Å²) in [4.78, 5) is 4.81. The highest BCUT2D eigenvalue weighted by atomic mass is 127. The summed E-state index contributed by atoms with van der Waals surface area (Å²) in [7, 11) is 1.80. The van der Waals surface area contributed by atoms with Gasteiger partial charge in [-0.25, -0.2) is 0 Å². The molecule has 1 aliphatic heterocycles. The quantitative estimate of drug-likeness (QED) is 0.393. The van der Waals surface area contributed by atoms with Crippen molar-refractivity contribution in [2.45, 2.75) is 64.0 Å². The molecule has 0 radical (unpaired) electrons. The molecule has 2 rings (SSSR count). The average Bonchev–Trinajstić information content (AvgIpc) is 2.54. The lowest BCUT2D eigenvalue weighted by molar-refractivity contribution is -0.0828. The summed E-state index contributed by atoms with van der Waals surface area (Å²) < 4.78 is 11.2. The van der Waals surface area contributed by atoms with Crippen molar-refractivity contribution in [2.75, 3.05) is 33.4 Å². The molecule has 1 saturated carbocycles. The zero-order valence-electron chi connectivity index (χ0n) is 14.9. The average molecular weight is 439 g/mol. The van der Waals surface area contributed by atoms with E-state index in [0.29, 0.717) is 12.6 Å². The molecule has 5 nitrogen and oxygen atoms in total. The number of hydrogen-bond donors (Lipinski definition) is 2. The third-order valence-corrected chi connectivity index (χ3v) is 4.98. The van der Waals surface area contributed by atoms with Gasteiger partial charge in [-0.3, -0.25) is 4.99 Å². The van der Waals surface area contributed by atoms with Crippen LogP contribution in [0.25, 0.3) is 0 Å². The molecular formula is C17H34IN3O2. The maximum Gasteiger partial charge on any atom is 0.191 e. The van der Waals surface area contributed by atoms with Gasteiger partial charge in [-0.2, -0.15) is 0 Å². The number of guanidine groups is 1. The molecule has 1 aliphatic carbocycles. The molecular weight excluding hydrogens is 405 g/mol. The van der Waals surface area contributed by atoms with Crippen LogP contribution in [0.1, 0.15) is 52.4 Å².